The van der Waals surface area contributed by atoms with Crippen molar-refractivity contribution in [3.8, 4) is 11.3 Å². The number of carbonyl (C=O) groups excluding carboxylic acids is 2. The Labute approximate surface area is 180 Å². The highest BCUT2D eigenvalue weighted by atomic mass is 16.2. The molecule has 0 aliphatic carbocycles. The van der Waals surface area contributed by atoms with Crippen LogP contribution >= 0.6 is 0 Å². The van der Waals surface area contributed by atoms with Gasteiger partial charge in [0.2, 0.25) is 11.9 Å². The zero-order valence-corrected chi connectivity index (χ0v) is 17.9. The molecule has 3 aromatic rings. The van der Waals surface area contributed by atoms with Crippen molar-refractivity contribution in [3.63, 3.8) is 0 Å². The first-order chi connectivity index (χ1) is 14.9. The first kappa shape index (κ1) is 20.5. The maximum Gasteiger partial charge on any atom is 0.253 e. The van der Waals surface area contributed by atoms with Crippen molar-refractivity contribution < 1.29 is 9.59 Å². The topological polar surface area (TPSA) is 96.3 Å². The summed E-state index contributed by atoms with van der Waals surface area (Å²) in [5.74, 6) is 0.513. The van der Waals surface area contributed by atoms with Gasteiger partial charge in [-0.15, -0.1) is 0 Å². The van der Waals surface area contributed by atoms with Crippen LogP contribution in [0.2, 0.25) is 0 Å². The molecule has 0 saturated carbocycles. The average Bonchev–Trinajstić information content (AvgIpc) is 3.19. The molecule has 9 heteroatoms. The largest absolute Gasteiger partial charge is 0.339 e. The number of carbonyl (C=O) groups is 2. The van der Waals surface area contributed by atoms with Crippen molar-refractivity contribution in [1.29, 1.82) is 0 Å². The predicted octanol–water partition coefficient (Wildman–Crippen LogP) is 2.23. The number of nitrogens with one attached hydrogen (secondary N) is 1. The van der Waals surface area contributed by atoms with Gasteiger partial charge in [0, 0.05) is 63.7 Å². The van der Waals surface area contributed by atoms with Gasteiger partial charge in [0.25, 0.3) is 5.91 Å². The van der Waals surface area contributed by atoms with E-state index in [0.717, 1.165) is 22.5 Å². The van der Waals surface area contributed by atoms with E-state index in [2.05, 4.69) is 20.4 Å². The Morgan fingerprint density at radius 2 is 1.68 bits per heavy atom. The molecule has 2 aromatic heterocycles. The van der Waals surface area contributed by atoms with Crippen molar-refractivity contribution in [3.05, 3.63) is 54.0 Å². The van der Waals surface area contributed by atoms with Gasteiger partial charge in [-0.05, 0) is 24.6 Å². The van der Waals surface area contributed by atoms with Gasteiger partial charge in [0.05, 0.1) is 17.6 Å². The number of aromatic nitrogens is 4. The molecule has 1 aliphatic rings. The van der Waals surface area contributed by atoms with Gasteiger partial charge in [-0.1, -0.05) is 12.1 Å². The lowest BCUT2D eigenvalue weighted by molar-refractivity contribution is -0.130. The van der Waals surface area contributed by atoms with Crippen LogP contribution in [0.5, 0.6) is 0 Å². The van der Waals surface area contributed by atoms with Gasteiger partial charge in [-0.2, -0.15) is 5.10 Å². The normalized spacial score (nSPS) is 13.9. The Balaban J connectivity index is 1.48. The van der Waals surface area contributed by atoms with E-state index in [9.17, 15) is 9.59 Å². The average molecular weight is 419 g/mol. The van der Waals surface area contributed by atoms with Gasteiger partial charge in [-0.25, -0.2) is 9.97 Å². The van der Waals surface area contributed by atoms with Crippen LogP contribution in [0.15, 0.2) is 42.9 Å². The van der Waals surface area contributed by atoms with E-state index in [1.807, 2.05) is 44.4 Å². The number of hydrogen-bond donors (Lipinski definition) is 1. The Bertz CT molecular complexity index is 1100. The third kappa shape index (κ3) is 4.55. The van der Waals surface area contributed by atoms with Crippen molar-refractivity contribution >= 4 is 23.5 Å². The van der Waals surface area contributed by atoms with Crippen LogP contribution in [-0.4, -0.2) is 67.5 Å². The fourth-order valence-electron chi connectivity index (χ4n) is 3.59. The number of amides is 2. The molecule has 1 N–H and O–H groups in total. The van der Waals surface area contributed by atoms with Crippen LogP contribution in [-0.2, 0) is 11.8 Å². The third-order valence-corrected chi connectivity index (χ3v) is 5.35. The van der Waals surface area contributed by atoms with Gasteiger partial charge >= 0.3 is 0 Å². The van der Waals surface area contributed by atoms with Crippen molar-refractivity contribution in [2.24, 2.45) is 7.05 Å². The van der Waals surface area contributed by atoms with Gasteiger partial charge in [-0.3, -0.25) is 14.3 Å². The highest BCUT2D eigenvalue weighted by Crippen LogP contribution is 2.24. The molecule has 1 fully saturated rings. The van der Waals surface area contributed by atoms with E-state index in [-0.39, 0.29) is 11.8 Å². The lowest BCUT2D eigenvalue weighted by atomic mass is 10.1. The monoisotopic (exact) mass is 419 g/mol. The van der Waals surface area contributed by atoms with E-state index in [1.165, 1.54) is 0 Å². The standard InChI is InChI=1S/C22H25N7O2/c1-15-12-23-22(25-19-13-24-27(3)14-19)26-20(15)17-4-6-18(7-5-17)21(31)29-10-8-28(9-11-29)16(2)30/h4-7,12-14H,8-11H2,1-3H3,(H,23,25,26). The second kappa shape index (κ2) is 8.55. The molecule has 1 aromatic carbocycles. The number of rotatable bonds is 4. The smallest absolute Gasteiger partial charge is 0.253 e. The number of benzene rings is 1. The lowest BCUT2D eigenvalue weighted by Crippen LogP contribution is -2.50. The van der Waals surface area contributed by atoms with Crippen molar-refractivity contribution in [1.82, 2.24) is 29.5 Å². The van der Waals surface area contributed by atoms with E-state index in [4.69, 9.17) is 0 Å². The van der Waals surface area contributed by atoms with E-state index >= 15 is 0 Å². The minimum absolute atomic E-state index is 0.0203. The van der Waals surface area contributed by atoms with E-state index in [0.29, 0.717) is 37.7 Å². The first-order valence-electron chi connectivity index (χ1n) is 10.2. The van der Waals surface area contributed by atoms with Crippen LogP contribution < -0.4 is 5.32 Å². The highest BCUT2D eigenvalue weighted by Gasteiger charge is 2.23. The number of aryl methyl sites for hydroxylation is 2. The maximum atomic E-state index is 12.8. The Hall–Kier alpha value is -3.75. The van der Waals surface area contributed by atoms with Crippen molar-refractivity contribution in [2.75, 3.05) is 31.5 Å². The second-order valence-corrected chi connectivity index (χ2v) is 7.63. The zero-order valence-electron chi connectivity index (χ0n) is 17.9. The molecular formula is C22H25N7O2. The molecule has 0 atom stereocenters. The van der Waals surface area contributed by atoms with E-state index in [1.54, 1.807) is 33.8 Å². The molecule has 2 amide bonds. The summed E-state index contributed by atoms with van der Waals surface area (Å²) in [5, 5.41) is 7.28. The molecule has 9 nitrogen and oxygen atoms in total. The summed E-state index contributed by atoms with van der Waals surface area (Å²) in [6.07, 6.45) is 5.33. The van der Waals surface area contributed by atoms with Crippen LogP contribution in [0.4, 0.5) is 11.6 Å². The minimum atomic E-state index is -0.0203. The maximum absolute atomic E-state index is 12.8. The van der Waals surface area contributed by atoms with Crippen LogP contribution in [0, 0.1) is 6.92 Å². The summed E-state index contributed by atoms with van der Waals surface area (Å²) in [4.78, 5) is 36.9. The summed E-state index contributed by atoms with van der Waals surface area (Å²) in [6.45, 7) is 5.76. The molecule has 0 bridgehead atoms. The SMILES string of the molecule is CC(=O)N1CCN(C(=O)c2ccc(-c3nc(Nc4cnn(C)c4)ncc3C)cc2)CC1. The van der Waals surface area contributed by atoms with Gasteiger partial charge in [0.15, 0.2) is 0 Å². The third-order valence-electron chi connectivity index (χ3n) is 5.35. The fraction of sp³-hybridized carbons (Fsp3) is 0.318. The summed E-state index contributed by atoms with van der Waals surface area (Å²) < 4.78 is 1.70. The van der Waals surface area contributed by atoms with Gasteiger partial charge < -0.3 is 15.1 Å². The number of anilines is 2. The van der Waals surface area contributed by atoms with Crippen LogP contribution in [0.1, 0.15) is 22.8 Å². The number of nitrogens with zero attached hydrogens (tertiary/aromatic N) is 6. The minimum Gasteiger partial charge on any atom is -0.339 e. The first-order valence-corrected chi connectivity index (χ1v) is 10.2. The molecule has 0 spiro atoms. The van der Waals surface area contributed by atoms with Gasteiger partial charge in [0.1, 0.15) is 0 Å². The molecule has 0 radical (unpaired) electrons. The summed E-state index contributed by atoms with van der Waals surface area (Å²) in [7, 11) is 1.85. The molecule has 160 valence electrons. The molecule has 1 saturated heterocycles. The second-order valence-electron chi connectivity index (χ2n) is 7.63. The zero-order chi connectivity index (χ0) is 22.0. The molecule has 1 aliphatic heterocycles. The van der Waals surface area contributed by atoms with E-state index < -0.39 is 0 Å². The molecular weight excluding hydrogens is 394 g/mol. The summed E-state index contributed by atoms with van der Waals surface area (Å²) >= 11 is 0. The molecule has 4 rings (SSSR count). The predicted molar refractivity (Wildman–Crippen MR) is 117 cm³/mol. The Morgan fingerprint density at radius 1 is 1.00 bits per heavy atom. The molecule has 3 heterocycles. The quantitative estimate of drug-likeness (QED) is 0.697. The summed E-state index contributed by atoms with van der Waals surface area (Å²) in [6, 6.07) is 7.46. The highest BCUT2D eigenvalue weighted by molar-refractivity contribution is 5.95. The van der Waals surface area contributed by atoms with Crippen LogP contribution in [0.25, 0.3) is 11.3 Å². The number of piperazine rings is 1. The molecule has 0 unspecified atom stereocenters. The Morgan fingerprint density at radius 3 is 2.29 bits per heavy atom. The lowest BCUT2D eigenvalue weighted by Gasteiger charge is -2.34. The summed E-state index contributed by atoms with van der Waals surface area (Å²) in [5.41, 5.74) is 4.09. The Kier molecular flexibility index (Phi) is 5.66. The van der Waals surface area contributed by atoms with Crippen LogP contribution in [0.3, 0.4) is 0 Å². The van der Waals surface area contributed by atoms with Crippen molar-refractivity contribution in [2.45, 2.75) is 13.8 Å². The number of hydrogen-bond acceptors (Lipinski definition) is 6. The molecule has 31 heavy (non-hydrogen) atoms. The fourth-order valence-corrected chi connectivity index (χ4v) is 3.59.